The fourth-order valence-corrected chi connectivity index (χ4v) is 3.79. The highest BCUT2D eigenvalue weighted by Gasteiger charge is 2.34. The van der Waals surface area contributed by atoms with Crippen LogP contribution in [-0.4, -0.2) is 54.6 Å². The summed E-state index contributed by atoms with van der Waals surface area (Å²) >= 11 is 0. The van der Waals surface area contributed by atoms with Crippen LogP contribution in [0.25, 0.3) is 0 Å². The van der Waals surface area contributed by atoms with Crippen LogP contribution in [0.2, 0.25) is 0 Å². The third kappa shape index (κ3) is 3.93. The Morgan fingerprint density at radius 2 is 1.84 bits per heavy atom. The molecule has 0 radical (unpaired) electrons. The summed E-state index contributed by atoms with van der Waals surface area (Å²) in [6.07, 6.45) is 8.54. The summed E-state index contributed by atoms with van der Waals surface area (Å²) in [7, 11) is 2.25. The summed E-state index contributed by atoms with van der Waals surface area (Å²) in [6.45, 7) is 9.07. The van der Waals surface area contributed by atoms with Crippen LogP contribution in [0.4, 0.5) is 0 Å². The molecule has 0 aromatic carbocycles. The minimum Gasteiger partial charge on any atom is -0.329 e. The molecule has 0 aromatic rings. The summed E-state index contributed by atoms with van der Waals surface area (Å²) in [6, 6.07) is 0.607. The number of nitrogens with zero attached hydrogens (tertiary/aromatic N) is 2. The van der Waals surface area contributed by atoms with Crippen LogP contribution >= 0.6 is 0 Å². The molecule has 1 aliphatic carbocycles. The standard InChI is InChI=1S/C16H33N3/c1-16(2)13-19(10-9-18(16)3)15(12-17)11-14-7-5-4-6-8-14/h14-15H,4-13,17H2,1-3H3. The Morgan fingerprint density at radius 3 is 2.42 bits per heavy atom. The third-order valence-electron chi connectivity index (χ3n) is 5.46. The van der Waals surface area contributed by atoms with Crippen LogP contribution < -0.4 is 5.73 Å². The number of hydrogen-bond acceptors (Lipinski definition) is 3. The predicted molar refractivity (Wildman–Crippen MR) is 82.3 cm³/mol. The molecule has 1 unspecified atom stereocenters. The number of rotatable bonds is 4. The number of likely N-dealkylation sites (N-methyl/N-ethyl adjacent to an activating group) is 1. The van der Waals surface area contributed by atoms with Crippen LogP contribution in [0.3, 0.4) is 0 Å². The van der Waals surface area contributed by atoms with E-state index < -0.39 is 0 Å². The molecular formula is C16H33N3. The van der Waals surface area contributed by atoms with Gasteiger partial charge in [-0.2, -0.15) is 0 Å². The number of nitrogens with two attached hydrogens (primary N) is 1. The molecule has 2 fully saturated rings. The molecule has 3 nitrogen and oxygen atoms in total. The van der Waals surface area contributed by atoms with Gasteiger partial charge in [-0.05, 0) is 33.2 Å². The van der Waals surface area contributed by atoms with Gasteiger partial charge in [0.2, 0.25) is 0 Å². The maximum Gasteiger partial charge on any atom is 0.0277 e. The van der Waals surface area contributed by atoms with Crippen molar-refractivity contribution >= 4 is 0 Å². The lowest BCUT2D eigenvalue weighted by Gasteiger charge is -2.48. The first-order chi connectivity index (χ1) is 9.03. The molecule has 2 aliphatic rings. The van der Waals surface area contributed by atoms with Crippen molar-refractivity contribution in [3.05, 3.63) is 0 Å². The zero-order valence-corrected chi connectivity index (χ0v) is 13.2. The van der Waals surface area contributed by atoms with Gasteiger partial charge in [0.1, 0.15) is 0 Å². The van der Waals surface area contributed by atoms with Gasteiger partial charge in [-0.1, -0.05) is 32.1 Å². The number of hydrogen-bond donors (Lipinski definition) is 1. The van der Waals surface area contributed by atoms with Gasteiger partial charge in [-0.3, -0.25) is 9.80 Å². The van der Waals surface area contributed by atoms with Crippen molar-refractivity contribution in [3.63, 3.8) is 0 Å². The molecule has 2 rings (SSSR count). The first-order valence-corrected chi connectivity index (χ1v) is 8.18. The lowest BCUT2D eigenvalue weighted by atomic mass is 9.84. The van der Waals surface area contributed by atoms with Gasteiger partial charge in [0.05, 0.1) is 0 Å². The smallest absolute Gasteiger partial charge is 0.0277 e. The molecule has 1 atom stereocenters. The maximum absolute atomic E-state index is 6.09. The van der Waals surface area contributed by atoms with Crippen molar-refractivity contribution in [3.8, 4) is 0 Å². The van der Waals surface area contributed by atoms with E-state index >= 15 is 0 Å². The average molecular weight is 267 g/mol. The van der Waals surface area contributed by atoms with Crippen LogP contribution in [0.1, 0.15) is 52.4 Å². The van der Waals surface area contributed by atoms with Gasteiger partial charge in [0, 0.05) is 37.8 Å². The molecule has 1 saturated heterocycles. The molecule has 0 spiro atoms. The van der Waals surface area contributed by atoms with Crippen LogP contribution in [-0.2, 0) is 0 Å². The van der Waals surface area contributed by atoms with E-state index in [2.05, 4.69) is 30.7 Å². The normalized spacial score (nSPS) is 28.4. The van der Waals surface area contributed by atoms with Crippen molar-refractivity contribution in [2.24, 2.45) is 11.7 Å². The molecule has 2 N–H and O–H groups in total. The first kappa shape index (κ1) is 15.3. The fraction of sp³-hybridized carbons (Fsp3) is 1.00. The van der Waals surface area contributed by atoms with E-state index in [1.54, 1.807) is 0 Å². The highest BCUT2D eigenvalue weighted by Crippen LogP contribution is 2.30. The van der Waals surface area contributed by atoms with Gasteiger partial charge in [0.25, 0.3) is 0 Å². The Hall–Kier alpha value is -0.120. The zero-order valence-electron chi connectivity index (χ0n) is 13.2. The molecular weight excluding hydrogens is 234 g/mol. The Balaban J connectivity index is 1.90. The topological polar surface area (TPSA) is 32.5 Å². The largest absolute Gasteiger partial charge is 0.329 e. The molecule has 112 valence electrons. The lowest BCUT2D eigenvalue weighted by Crippen LogP contribution is -2.61. The van der Waals surface area contributed by atoms with E-state index in [4.69, 9.17) is 5.73 Å². The van der Waals surface area contributed by atoms with Gasteiger partial charge >= 0.3 is 0 Å². The van der Waals surface area contributed by atoms with E-state index in [0.717, 1.165) is 19.0 Å². The van der Waals surface area contributed by atoms with E-state index in [9.17, 15) is 0 Å². The fourth-order valence-electron chi connectivity index (χ4n) is 3.79. The molecule has 1 saturated carbocycles. The minimum atomic E-state index is 0.290. The highest BCUT2D eigenvalue weighted by molar-refractivity contribution is 4.91. The zero-order chi connectivity index (χ0) is 13.9. The quantitative estimate of drug-likeness (QED) is 0.848. The van der Waals surface area contributed by atoms with Crippen molar-refractivity contribution < 1.29 is 0 Å². The monoisotopic (exact) mass is 267 g/mol. The first-order valence-electron chi connectivity index (χ1n) is 8.18. The van der Waals surface area contributed by atoms with Gasteiger partial charge < -0.3 is 5.73 Å². The molecule has 1 aliphatic heterocycles. The Bertz CT molecular complexity index is 271. The summed E-state index contributed by atoms with van der Waals surface area (Å²) in [5.41, 5.74) is 6.38. The number of piperazine rings is 1. The molecule has 0 amide bonds. The van der Waals surface area contributed by atoms with E-state index in [1.807, 2.05) is 0 Å². The molecule has 1 heterocycles. The second kappa shape index (κ2) is 6.55. The van der Waals surface area contributed by atoms with Crippen LogP contribution in [0, 0.1) is 5.92 Å². The van der Waals surface area contributed by atoms with Gasteiger partial charge in [-0.25, -0.2) is 0 Å². The van der Waals surface area contributed by atoms with Crippen molar-refractivity contribution in [2.45, 2.75) is 64.0 Å². The maximum atomic E-state index is 6.09. The van der Waals surface area contributed by atoms with Crippen molar-refractivity contribution in [2.75, 3.05) is 33.2 Å². The third-order valence-corrected chi connectivity index (χ3v) is 5.46. The lowest BCUT2D eigenvalue weighted by molar-refractivity contribution is 0.0116. The molecule has 3 heteroatoms. The van der Waals surface area contributed by atoms with Crippen molar-refractivity contribution in [1.29, 1.82) is 0 Å². The summed E-state index contributed by atoms with van der Waals surface area (Å²) in [5, 5.41) is 0. The summed E-state index contributed by atoms with van der Waals surface area (Å²) < 4.78 is 0. The molecule has 0 bridgehead atoms. The summed E-state index contributed by atoms with van der Waals surface area (Å²) in [5.74, 6) is 0.935. The average Bonchev–Trinajstić information content (AvgIpc) is 2.40. The van der Waals surface area contributed by atoms with E-state index in [1.165, 1.54) is 51.6 Å². The second-order valence-electron chi connectivity index (χ2n) is 7.33. The van der Waals surface area contributed by atoms with Gasteiger partial charge in [0.15, 0.2) is 0 Å². The van der Waals surface area contributed by atoms with Gasteiger partial charge in [-0.15, -0.1) is 0 Å². The van der Waals surface area contributed by atoms with E-state index in [0.29, 0.717) is 6.04 Å². The molecule has 19 heavy (non-hydrogen) atoms. The SMILES string of the molecule is CN1CCN(C(CN)CC2CCCCC2)CC1(C)C. The van der Waals surface area contributed by atoms with Crippen molar-refractivity contribution in [1.82, 2.24) is 9.80 Å². The Morgan fingerprint density at radius 1 is 1.16 bits per heavy atom. The summed E-state index contributed by atoms with van der Waals surface area (Å²) in [4.78, 5) is 5.15. The second-order valence-corrected chi connectivity index (χ2v) is 7.33. The van der Waals surface area contributed by atoms with E-state index in [-0.39, 0.29) is 5.54 Å². The minimum absolute atomic E-state index is 0.290. The Labute approximate surface area is 119 Å². The van der Waals surface area contributed by atoms with Crippen LogP contribution in [0.15, 0.2) is 0 Å². The molecule has 0 aromatic heterocycles. The predicted octanol–water partition coefficient (Wildman–Crippen LogP) is 2.31. The van der Waals surface area contributed by atoms with Crippen LogP contribution in [0.5, 0.6) is 0 Å². The Kier molecular flexibility index (Phi) is 5.27. The highest BCUT2D eigenvalue weighted by atomic mass is 15.3.